The smallest absolute Gasteiger partial charge is 0.309 e. The first-order valence-electron chi connectivity index (χ1n) is 8.83. The van der Waals surface area contributed by atoms with E-state index in [2.05, 4.69) is 45.9 Å². The molecule has 0 aliphatic carbocycles. The van der Waals surface area contributed by atoms with Crippen molar-refractivity contribution in [2.75, 3.05) is 0 Å². The van der Waals surface area contributed by atoms with Crippen molar-refractivity contribution < 1.29 is 9.90 Å². The van der Waals surface area contributed by atoms with Gasteiger partial charge in [0.1, 0.15) is 0 Å². The van der Waals surface area contributed by atoms with E-state index in [0.717, 1.165) is 25.7 Å². The van der Waals surface area contributed by atoms with E-state index >= 15 is 0 Å². The summed E-state index contributed by atoms with van der Waals surface area (Å²) < 4.78 is 0. The second kappa shape index (κ2) is 7.99. The zero-order chi connectivity index (χ0) is 17.7. The normalized spacial score (nSPS) is 12.4. The second-order valence-electron chi connectivity index (χ2n) is 8.73. The molecule has 0 radical (unpaired) electrons. The van der Waals surface area contributed by atoms with Crippen LogP contribution in [0.25, 0.3) is 0 Å². The number of aliphatic carboxylic acids is 1. The minimum absolute atomic E-state index is 0.385. The predicted octanol–water partition coefficient (Wildman–Crippen LogP) is 5.80. The third-order valence-electron chi connectivity index (χ3n) is 4.56. The molecule has 0 aliphatic heterocycles. The Balaban J connectivity index is 2.66. The highest BCUT2D eigenvalue weighted by atomic mass is 16.4. The number of aryl methyl sites for hydroxylation is 3. The zero-order valence-corrected chi connectivity index (χ0v) is 15.8. The van der Waals surface area contributed by atoms with Gasteiger partial charge < -0.3 is 5.11 Å². The number of rotatable bonds is 8. The first-order valence-corrected chi connectivity index (χ1v) is 8.83. The highest BCUT2D eigenvalue weighted by Gasteiger charge is 2.26. The lowest BCUT2D eigenvalue weighted by Crippen LogP contribution is -2.23. The molecule has 0 aliphatic rings. The molecule has 130 valence electrons. The van der Waals surface area contributed by atoms with Gasteiger partial charge in [-0.3, -0.25) is 4.79 Å². The minimum Gasteiger partial charge on any atom is -0.481 e. The molecule has 0 spiro atoms. The number of hydrogen-bond donors (Lipinski definition) is 1. The van der Waals surface area contributed by atoms with Gasteiger partial charge in [0.2, 0.25) is 0 Å². The second-order valence-corrected chi connectivity index (χ2v) is 8.73. The summed E-state index contributed by atoms with van der Waals surface area (Å²) in [6.07, 6.45) is 6.18. The van der Waals surface area contributed by atoms with Crippen molar-refractivity contribution in [3.05, 3.63) is 34.9 Å². The maximum Gasteiger partial charge on any atom is 0.309 e. The van der Waals surface area contributed by atoms with Crippen LogP contribution in [0.4, 0.5) is 0 Å². The molecule has 23 heavy (non-hydrogen) atoms. The van der Waals surface area contributed by atoms with Crippen LogP contribution >= 0.6 is 0 Å². The summed E-state index contributed by atoms with van der Waals surface area (Å²) in [7, 11) is 0. The summed E-state index contributed by atoms with van der Waals surface area (Å²) in [4.78, 5) is 11.2. The van der Waals surface area contributed by atoms with Gasteiger partial charge in [-0.05, 0) is 75.8 Å². The highest BCUT2D eigenvalue weighted by Crippen LogP contribution is 2.26. The van der Waals surface area contributed by atoms with Crippen LogP contribution in [0.1, 0.15) is 77.0 Å². The van der Waals surface area contributed by atoms with E-state index in [1.807, 2.05) is 13.8 Å². The lowest BCUT2D eigenvalue weighted by molar-refractivity contribution is -0.147. The number of carboxylic acid groups (broad SMARTS) is 1. The molecule has 0 aromatic heterocycles. The Morgan fingerprint density at radius 1 is 0.957 bits per heavy atom. The van der Waals surface area contributed by atoms with E-state index in [4.69, 9.17) is 0 Å². The van der Waals surface area contributed by atoms with Crippen LogP contribution in [0.2, 0.25) is 0 Å². The molecule has 1 aromatic carbocycles. The Hall–Kier alpha value is -1.31. The Morgan fingerprint density at radius 3 is 2.09 bits per heavy atom. The predicted molar refractivity (Wildman–Crippen MR) is 97.9 cm³/mol. The summed E-state index contributed by atoms with van der Waals surface area (Å²) >= 11 is 0. The molecular weight excluding hydrogens is 284 g/mol. The van der Waals surface area contributed by atoms with E-state index in [-0.39, 0.29) is 0 Å². The van der Waals surface area contributed by atoms with Gasteiger partial charge in [-0.2, -0.15) is 0 Å². The van der Waals surface area contributed by atoms with E-state index in [9.17, 15) is 9.90 Å². The van der Waals surface area contributed by atoms with Gasteiger partial charge >= 0.3 is 5.97 Å². The van der Waals surface area contributed by atoms with Gasteiger partial charge in [-0.1, -0.05) is 44.5 Å². The molecule has 1 aromatic rings. The van der Waals surface area contributed by atoms with Crippen LogP contribution in [-0.4, -0.2) is 11.1 Å². The molecule has 1 rings (SSSR count). The molecule has 0 bridgehead atoms. The molecule has 0 saturated carbocycles. The maximum atomic E-state index is 11.2. The summed E-state index contributed by atoms with van der Waals surface area (Å²) in [5, 5.41) is 9.23. The molecule has 2 nitrogen and oxygen atoms in total. The van der Waals surface area contributed by atoms with E-state index < -0.39 is 11.4 Å². The summed E-state index contributed by atoms with van der Waals surface area (Å²) in [5.74, 6) is -0.702. The van der Waals surface area contributed by atoms with Crippen molar-refractivity contribution in [2.24, 2.45) is 10.8 Å². The molecule has 1 N–H and O–H groups in total. The van der Waals surface area contributed by atoms with Gasteiger partial charge in [-0.15, -0.1) is 0 Å². The van der Waals surface area contributed by atoms with Gasteiger partial charge in [0.25, 0.3) is 0 Å². The Labute approximate surface area is 142 Å². The van der Waals surface area contributed by atoms with Crippen LogP contribution < -0.4 is 0 Å². The molecule has 0 heterocycles. The monoisotopic (exact) mass is 318 g/mol. The summed E-state index contributed by atoms with van der Waals surface area (Å²) in [6.45, 7) is 12.6. The van der Waals surface area contributed by atoms with Crippen LogP contribution in [0.15, 0.2) is 18.2 Å². The summed E-state index contributed by atoms with van der Waals surface area (Å²) in [5.41, 5.74) is 3.89. The van der Waals surface area contributed by atoms with Crippen LogP contribution in [0, 0.1) is 17.8 Å². The third-order valence-corrected chi connectivity index (χ3v) is 4.56. The van der Waals surface area contributed by atoms with Crippen LogP contribution in [-0.2, 0) is 17.6 Å². The van der Waals surface area contributed by atoms with Crippen molar-refractivity contribution in [3.8, 4) is 0 Å². The Morgan fingerprint density at radius 2 is 1.52 bits per heavy atom. The maximum absolute atomic E-state index is 11.2. The van der Waals surface area contributed by atoms with Crippen LogP contribution in [0.3, 0.4) is 0 Å². The molecular formula is C21H34O2. The third kappa shape index (κ3) is 7.20. The van der Waals surface area contributed by atoms with Gasteiger partial charge in [0.15, 0.2) is 0 Å². The molecule has 0 saturated heterocycles. The lowest BCUT2D eigenvalue weighted by Gasteiger charge is -2.20. The first kappa shape index (κ1) is 19.7. The molecule has 0 fully saturated rings. The fourth-order valence-corrected chi connectivity index (χ4v) is 2.87. The minimum atomic E-state index is -0.702. The van der Waals surface area contributed by atoms with Crippen molar-refractivity contribution in [1.82, 2.24) is 0 Å². The van der Waals surface area contributed by atoms with Gasteiger partial charge in [-0.25, -0.2) is 0 Å². The number of hydrogen-bond acceptors (Lipinski definition) is 1. The fourth-order valence-electron chi connectivity index (χ4n) is 2.87. The van der Waals surface area contributed by atoms with Crippen molar-refractivity contribution >= 4 is 5.97 Å². The molecule has 2 heteroatoms. The van der Waals surface area contributed by atoms with Crippen LogP contribution in [0.5, 0.6) is 0 Å². The van der Waals surface area contributed by atoms with Gasteiger partial charge in [0, 0.05) is 0 Å². The first-order chi connectivity index (χ1) is 10.5. The topological polar surface area (TPSA) is 37.3 Å². The molecule has 0 amide bonds. The Kier molecular flexibility index (Phi) is 6.85. The van der Waals surface area contributed by atoms with E-state index in [0.29, 0.717) is 5.41 Å². The highest BCUT2D eigenvalue weighted by molar-refractivity contribution is 5.73. The molecule has 0 unspecified atom stereocenters. The van der Waals surface area contributed by atoms with Crippen molar-refractivity contribution in [1.29, 1.82) is 0 Å². The fraction of sp³-hybridized carbons (Fsp3) is 0.667. The summed E-state index contributed by atoms with van der Waals surface area (Å²) in [6, 6.07) is 6.73. The number of benzene rings is 1. The largest absolute Gasteiger partial charge is 0.481 e. The SMILES string of the molecule is Cc1ccc(CCCC(C)(C)C)c(CCCC(C)(C)C(=O)O)c1. The Bertz CT molecular complexity index is 521. The zero-order valence-electron chi connectivity index (χ0n) is 15.8. The number of carboxylic acids is 1. The van der Waals surface area contributed by atoms with Crippen molar-refractivity contribution in [3.63, 3.8) is 0 Å². The van der Waals surface area contributed by atoms with E-state index in [1.165, 1.54) is 29.5 Å². The van der Waals surface area contributed by atoms with E-state index in [1.54, 1.807) is 0 Å². The average molecular weight is 319 g/mol. The van der Waals surface area contributed by atoms with Gasteiger partial charge in [0.05, 0.1) is 5.41 Å². The lowest BCUT2D eigenvalue weighted by atomic mass is 9.85. The average Bonchev–Trinajstić information content (AvgIpc) is 2.39. The standard InChI is InChI=1S/C21H34O2/c1-16-11-12-17(9-7-13-20(2,3)4)18(15-16)10-8-14-21(5,6)19(22)23/h11-12,15H,7-10,13-14H2,1-6H3,(H,22,23). The van der Waals surface area contributed by atoms with Crippen molar-refractivity contribution in [2.45, 2.75) is 80.1 Å². The number of carbonyl (C=O) groups is 1. The quantitative estimate of drug-likeness (QED) is 0.658. The molecule has 0 atom stereocenters.